The summed E-state index contributed by atoms with van der Waals surface area (Å²) in [6.45, 7) is 15.2. The van der Waals surface area contributed by atoms with Crippen molar-refractivity contribution < 1.29 is 43.5 Å². The zero-order chi connectivity index (χ0) is 32.3. The lowest BCUT2D eigenvalue weighted by Crippen LogP contribution is -2.59. The smallest absolute Gasteiger partial charge is 0.316 e. The van der Waals surface area contributed by atoms with Crippen LogP contribution < -0.4 is 5.32 Å². The summed E-state index contributed by atoms with van der Waals surface area (Å²) in [4.78, 5) is 29.4. The van der Waals surface area contributed by atoms with Crippen molar-refractivity contribution in [2.24, 2.45) is 17.8 Å². The molecular weight excluding hydrogens is 556 g/mol. The van der Waals surface area contributed by atoms with E-state index < -0.39 is 59.7 Å². The van der Waals surface area contributed by atoms with Gasteiger partial charge in [-0.3, -0.25) is 9.59 Å². The molecular formula is C32H56N2O9. The second-order valence-electron chi connectivity index (χ2n) is 13.7. The third-order valence-corrected chi connectivity index (χ3v) is 9.53. The van der Waals surface area contributed by atoms with Gasteiger partial charge in [0.05, 0.1) is 30.7 Å². The Hall–Kier alpha value is -1.60. The van der Waals surface area contributed by atoms with Gasteiger partial charge in [0.25, 0.3) is 0 Å². The molecule has 4 aliphatic rings. The SMILES string of the molecule is CC[C@H]1OC(=O)C(C)C(=O)[C@H](C)[C@@H](O[C@@H]2O[C@H](C)C[C@H](N(C)C)[C@H]2O)[C@@]2(C)C[C@@H](C)CN[C@H](C)[C@@H](O/C=C/CO2)[C@]1(C)O. The number of esters is 1. The largest absolute Gasteiger partial charge is 0.493 e. The monoisotopic (exact) mass is 612 g/mol. The minimum atomic E-state index is -1.57. The summed E-state index contributed by atoms with van der Waals surface area (Å²) in [5.41, 5.74) is -2.60. The van der Waals surface area contributed by atoms with Crippen molar-refractivity contribution in [1.82, 2.24) is 10.2 Å². The number of aliphatic hydroxyl groups excluding tert-OH is 1. The van der Waals surface area contributed by atoms with E-state index in [0.29, 0.717) is 25.8 Å². The van der Waals surface area contributed by atoms with Crippen molar-refractivity contribution >= 4 is 11.8 Å². The molecule has 4 rings (SSSR count). The molecule has 4 aliphatic heterocycles. The highest BCUT2D eigenvalue weighted by Crippen LogP contribution is 2.37. The number of rotatable bonds is 4. The third-order valence-electron chi connectivity index (χ3n) is 9.53. The first kappa shape index (κ1) is 35.9. The van der Waals surface area contributed by atoms with Gasteiger partial charge in [0, 0.05) is 18.0 Å². The van der Waals surface area contributed by atoms with E-state index in [1.54, 1.807) is 19.9 Å². The minimum Gasteiger partial charge on any atom is -0.493 e. The topological polar surface area (TPSA) is 136 Å². The van der Waals surface area contributed by atoms with Crippen molar-refractivity contribution in [2.45, 2.75) is 135 Å². The number of hydrogen-bond acceptors (Lipinski definition) is 11. The van der Waals surface area contributed by atoms with Crippen LogP contribution in [0, 0.1) is 17.8 Å². The summed E-state index contributed by atoms with van der Waals surface area (Å²) in [7, 11) is 3.80. The van der Waals surface area contributed by atoms with Crippen LogP contribution >= 0.6 is 0 Å². The third kappa shape index (κ3) is 8.17. The number of carbonyl (C=O) groups is 2. The molecule has 0 aromatic rings. The molecule has 4 heterocycles. The highest BCUT2D eigenvalue weighted by molar-refractivity contribution is 6.00. The Morgan fingerprint density at radius 2 is 1.81 bits per heavy atom. The summed E-state index contributed by atoms with van der Waals surface area (Å²) in [6.07, 6.45) is -0.0991. The number of likely N-dealkylation sites (N-methyl/N-ethyl adjacent to an activating group) is 1. The molecule has 13 atom stereocenters. The van der Waals surface area contributed by atoms with E-state index in [1.165, 1.54) is 13.2 Å². The van der Waals surface area contributed by atoms with Crippen LogP contribution in [0.2, 0.25) is 0 Å². The molecule has 0 aromatic carbocycles. The average molecular weight is 613 g/mol. The van der Waals surface area contributed by atoms with Crippen LogP contribution in [0.15, 0.2) is 12.3 Å². The predicted molar refractivity (Wildman–Crippen MR) is 161 cm³/mol. The summed E-state index contributed by atoms with van der Waals surface area (Å²) in [5.74, 6) is -3.03. The van der Waals surface area contributed by atoms with Crippen molar-refractivity contribution in [2.75, 3.05) is 27.2 Å². The Bertz CT molecular complexity index is 974. The first-order chi connectivity index (χ1) is 20.0. The standard InChI is InChI=1S/C32H56N2O9/c1-11-24-32(8,38)28-22(6)33-17-18(2)16-31(7,40-14-12-13-39-28)27(20(4)25(35)21(5)29(37)42-24)43-30-26(36)23(34(9)10)15-19(3)41-30/h12-13,18-24,26-28,30,33,36,38H,11,14-17H2,1-10H3/b13-12+/t18-,19-,20+,21?,22-,23+,24-,26-,27-,28-,30+,31-,32-/m1/s1. The molecule has 3 N–H and O–H groups in total. The zero-order valence-electron chi connectivity index (χ0n) is 27.7. The van der Waals surface area contributed by atoms with Crippen LogP contribution in [0.5, 0.6) is 0 Å². The quantitative estimate of drug-likeness (QED) is 0.319. The van der Waals surface area contributed by atoms with Crippen molar-refractivity contribution in [3.05, 3.63) is 12.3 Å². The Balaban J connectivity index is 2.13. The van der Waals surface area contributed by atoms with Gasteiger partial charge in [-0.05, 0) is 86.5 Å². The van der Waals surface area contributed by atoms with Crippen LogP contribution in [0.25, 0.3) is 0 Å². The summed E-state index contributed by atoms with van der Waals surface area (Å²) in [6, 6.07) is -0.524. The number of nitrogens with zero attached hydrogens (tertiary/aromatic N) is 1. The molecule has 0 aliphatic carbocycles. The molecule has 2 bridgehead atoms. The minimum absolute atomic E-state index is 0.0444. The maximum Gasteiger partial charge on any atom is 0.316 e. The maximum absolute atomic E-state index is 14.0. The molecule has 0 aromatic heterocycles. The summed E-state index contributed by atoms with van der Waals surface area (Å²) < 4.78 is 31.2. The number of carbonyl (C=O) groups excluding carboxylic acids is 2. The van der Waals surface area contributed by atoms with Crippen LogP contribution in [0.1, 0.15) is 74.7 Å². The molecule has 1 unspecified atom stereocenters. The van der Waals surface area contributed by atoms with E-state index >= 15 is 0 Å². The number of fused-ring (bicyclic) bond motifs is 14. The Labute approximate surface area is 257 Å². The maximum atomic E-state index is 14.0. The van der Waals surface area contributed by atoms with Crippen LogP contribution in [-0.4, -0.2) is 114 Å². The highest BCUT2D eigenvalue weighted by atomic mass is 16.7. The van der Waals surface area contributed by atoms with Gasteiger partial charge >= 0.3 is 5.97 Å². The fraction of sp³-hybridized carbons (Fsp3) is 0.875. The first-order valence-electron chi connectivity index (χ1n) is 15.8. The fourth-order valence-electron chi connectivity index (χ4n) is 6.99. The van der Waals surface area contributed by atoms with Gasteiger partial charge in [-0.2, -0.15) is 0 Å². The normalized spacial score (nSPS) is 46.5. The number of aliphatic hydroxyl groups is 2. The van der Waals surface area contributed by atoms with Gasteiger partial charge in [-0.25, -0.2) is 0 Å². The number of nitrogens with one attached hydrogen (secondary N) is 1. The van der Waals surface area contributed by atoms with Gasteiger partial charge in [0.15, 0.2) is 12.1 Å². The Kier molecular flexibility index (Phi) is 12.2. The first-order valence-corrected chi connectivity index (χ1v) is 15.8. The number of ketones is 1. The lowest BCUT2D eigenvalue weighted by Gasteiger charge is -2.47. The van der Waals surface area contributed by atoms with Gasteiger partial charge in [0.1, 0.15) is 29.8 Å². The Morgan fingerprint density at radius 3 is 2.44 bits per heavy atom. The lowest BCUT2D eigenvalue weighted by atomic mass is 9.78. The highest BCUT2D eigenvalue weighted by Gasteiger charge is 2.51. The molecule has 43 heavy (non-hydrogen) atoms. The van der Waals surface area contributed by atoms with Gasteiger partial charge in [-0.1, -0.05) is 20.8 Å². The van der Waals surface area contributed by atoms with E-state index in [0.717, 1.165) is 0 Å². The molecule has 0 saturated carbocycles. The second kappa shape index (κ2) is 14.7. The van der Waals surface area contributed by atoms with E-state index in [9.17, 15) is 19.8 Å². The molecule has 0 spiro atoms. The van der Waals surface area contributed by atoms with E-state index in [-0.39, 0.29) is 36.5 Å². The molecule has 2 saturated heterocycles. The summed E-state index contributed by atoms with van der Waals surface area (Å²) >= 11 is 0. The fourth-order valence-corrected chi connectivity index (χ4v) is 6.99. The van der Waals surface area contributed by atoms with Gasteiger partial charge < -0.3 is 44.1 Å². The number of hydrogen-bond donors (Lipinski definition) is 3. The number of Topliss-reactive ketones (excluding diaryl/α,β-unsaturated/α-hetero) is 1. The van der Waals surface area contributed by atoms with Crippen LogP contribution in [-0.2, 0) is 33.3 Å². The Morgan fingerprint density at radius 1 is 1.14 bits per heavy atom. The van der Waals surface area contributed by atoms with Crippen molar-refractivity contribution in [3.8, 4) is 0 Å². The molecule has 11 nitrogen and oxygen atoms in total. The molecule has 0 amide bonds. The predicted octanol–water partition coefficient (Wildman–Crippen LogP) is 2.42. The van der Waals surface area contributed by atoms with Gasteiger partial charge in [0.2, 0.25) is 0 Å². The lowest BCUT2D eigenvalue weighted by molar-refractivity contribution is -0.296. The average Bonchev–Trinajstić information content (AvgIpc) is 2.93. The second-order valence-corrected chi connectivity index (χ2v) is 13.7. The van der Waals surface area contributed by atoms with Crippen molar-refractivity contribution in [3.63, 3.8) is 0 Å². The van der Waals surface area contributed by atoms with Crippen LogP contribution in [0.4, 0.5) is 0 Å². The number of ether oxygens (including phenoxy) is 5. The van der Waals surface area contributed by atoms with Gasteiger partial charge in [-0.15, -0.1) is 0 Å². The van der Waals surface area contributed by atoms with Crippen LogP contribution in [0.3, 0.4) is 0 Å². The molecule has 11 heteroatoms. The van der Waals surface area contributed by atoms with Crippen molar-refractivity contribution in [1.29, 1.82) is 0 Å². The molecule has 2 fully saturated rings. The zero-order valence-corrected chi connectivity index (χ0v) is 27.7. The molecule has 0 radical (unpaired) electrons. The van der Waals surface area contributed by atoms with E-state index in [2.05, 4.69) is 12.2 Å². The molecule has 248 valence electrons. The van der Waals surface area contributed by atoms with E-state index in [1.807, 2.05) is 46.7 Å². The summed E-state index contributed by atoms with van der Waals surface area (Å²) in [5, 5.41) is 26.6. The van der Waals surface area contributed by atoms with E-state index in [4.69, 9.17) is 23.7 Å².